The quantitative estimate of drug-likeness (QED) is 0.645. The van der Waals surface area contributed by atoms with Crippen molar-refractivity contribution in [2.24, 2.45) is 0 Å². The van der Waals surface area contributed by atoms with E-state index in [2.05, 4.69) is 24.1 Å². The maximum Gasteiger partial charge on any atom is 0.296 e. The van der Waals surface area contributed by atoms with Crippen LogP contribution in [0, 0.1) is 10.1 Å². The minimum atomic E-state index is -0.361. The van der Waals surface area contributed by atoms with Gasteiger partial charge in [0.25, 0.3) is 5.69 Å². The number of hydrogen-bond donors (Lipinski definition) is 1. The molecule has 1 fully saturated rings. The second-order valence-corrected chi connectivity index (χ2v) is 5.59. The predicted molar refractivity (Wildman–Crippen MR) is 83.0 cm³/mol. The number of ether oxygens (including phenoxy) is 1. The average molecular weight is 293 g/mol. The van der Waals surface area contributed by atoms with E-state index in [0.717, 1.165) is 19.5 Å². The number of anilines is 1. The highest BCUT2D eigenvalue weighted by atomic mass is 16.6. The Morgan fingerprint density at radius 1 is 1.52 bits per heavy atom. The molecule has 1 heterocycles. The highest BCUT2D eigenvalue weighted by Gasteiger charge is 2.26. The van der Waals surface area contributed by atoms with Gasteiger partial charge in [0.1, 0.15) is 11.4 Å². The Balaban J connectivity index is 2.11. The number of hydrogen-bond acceptors (Lipinski definition) is 5. The minimum Gasteiger partial charge on any atom is -0.494 e. The lowest BCUT2D eigenvalue weighted by molar-refractivity contribution is -0.384. The van der Waals surface area contributed by atoms with Gasteiger partial charge < -0.3 is 10.1 Å². The van der Waals surface area contributed by atoms with E-state index in [1.165, 1.54) is 6.07 Å². The van der Waals surface area contributed by atoms with Crippen LogP contribution in [-0.4, -0.2) is 41.6 Å². The summed E-state index contributed by atoms with van der Waals surface area (Å²) in [5, 5.41) is 14.5. The molecule has 0 spiro atoms. The lowest BCUT2D eigenvalue weighted by Crippen LogP contribution is -2.31. The average Bonchev–Trinajstić information content (AvgIpc) is 2.89. The van der Waals surface area contributed by atoms with Gasteiger partial charge in [0, 0.05) is 25.2 Å². The van der Waals surface area contributed by atoms with Gasteiger partial charge in [-0.3, -0.25) is 15.0 Å². The first kappa shape index (κ1) is 15.6. The standard InChI is InChI=1S/C15H23N3O3/c1-4-21-13-5-6-14(15(9-13)18(19)20)16-12-7-8-17(10-12)11(2)3/h5-6,9,11-12,16H,4,7-8,10H2,1-3H3. The lowest BCUT2D eigenvalue weighted by atomic mass is 10.2. The van der Waals surface area contributed by atoms with Crippen molar-refractivity contribution in [2.45, 2.75) is 39.3 Å². The van der Waals surface area contributed by atoms with Crippen molar-refractivity contribution in [2.75, 3.05) is 25.0 Å². The first-order valence-corrected chi connectivity index (χ1v) is 7.43. The summed E-state index contributed by atoms with van der Waals surface area (Å²) in [6, 6.07) is 5.76. The molecule has 0 bridgehead atoms. The van der Waals surface area contributed by atoms with Crippen molar-refractivity contribution in [3.05, 3.63) is 28.3 Å². The normalized spacial score (nSPS) is 19.0. The summed E-state index contributed by atoms with van der Waals surface area (Å²) in [5.41, 5.74) is 0.642. The molecule has 0 radical (unpaired) electrons. The summed E-state index contributed by atoms with van der Waals surface area (Å²) in [7, 11) is 0. The fourth-order valence-electron chi connectivity index (χ4n) is 2.64. The van der Waals surface area contributed by atoms with Gasteiger partial charge in [-0.05, 0) is 39.3 Å². The molecule has 0 aromatic heterocycles. The third-order valence-electron chi connectivity index (χ3n) is 3.79. The van der Waals surface area contributed by atoms with Gasteiger partial charge in [-0.25, -0.2) is 0 Å². The van der Waals surface area contributed by atoms with Crippen LogP contribution in [0.15, 0.2) is 18.2 Å². The molecule has 116 valence electrons. The Morgan fingerprint density at radius 3 is 2.86 bits per heavy atom. The maximum atomic E-state index is 11.2. The van der Waals surface area contributed by atoms with Crippen LogP contribution < -0.4 is 10.1 Å². The Morgan fingerprint density at radius 2 is 2.29 bits per heavy atom. The van der Waals surface area contributed by atoms with E-state index in [9.17, 15) is 10.1 Å². The molecule has 1 saturated heterocycles. The molecule has 0 amide bonds. The van der Waals surface area contributed by atoms with Crippen LogP contribution in [0.5, 0.6) is 5.75 Å². The molecule has 1 atom stereocenters. The van der Waals surface area contributed by atoms with Crippen molar-refractivity contribution >= 4 is 11.4 Å². The van der Waals surface area contributed by atoms with E-state index in [0.29, 0.717) is 24.1 Å². The molecule has 1 aromatic rings. The molecule has 1 aliphatic heterocycles. The lowest BCUT2D eigenvalue weighted by Gasteiger charge is -2.20. The number of nitro groups is 1. The summed E-state index contributed by atoms with van der Waals surface area (Å²) in [5.74, 6) is 0.532. The van der Waals surface area contributed by atoms with Crippen molar-refractivity contribution in [3.8, 4) is 5.75 Å². The van der Waals surface area contributed by atoms with E-state index in [-0.39, 0.29) is 16.7 Å². The first-order chi connectivity index (χ1) is 10.0. The zero-order valence-corrected chi connectivity index (χ0v) is 12.8. The number of benzene rings is 1. The predicted octanol–water partition coefficient (Wildman–Crippen LogP) is 2.89. The molecule has 21 heavy (non-hydrogen) atoms. The van der Waals surface area contributed by atoms with Gasteiger partial charge in [0.2, 0.25) is 0 Å². The SMILES string of the molecule is CCOc1ccc(NC2CCN(C(C)C)C2)c([N+](=O)[O-])c1. The number of rotatable bonds is 6. The van der Waals surface area contributed by atoms with E-state index < -0.39 is 0 Å². The second kappa shape index (κ2) is 6.76. The van der Waals surface area contributed by atoms with Gasteiger partial charge >= 0.3 is 0 Å². The summed E-state index contributed by atoms with van der Waals surface area (Å²) in [4.78, 5) is 13.2. The number of nitrogens with zero attached hydrogens (tertiary/aromatic N) is 2. The van der Waals surface area contributed by atoms with E-state index in [1.54, 1.807) is 12.1 Å². The molecular formula is C15H23N3O3. The Labute approximate surface area is 125 Å². The number of nitro benzene ring substituents is 1. The smallest absolute Gasteiger partial charge is 0.296 e. The zero-order chi connectivity index (χ0) is 15.4. The van der Waals surface area contributed by atoms with Crippen molar-refractivity contribution < 1.29 is 9.66 Å². The van der Waals surface area contributed by atoms with Gasteiger partial charge in [0.05, 0.1) is 17.6 Å². The van der Waals surface area contributed by atoms with Crippen LogP contribution >= 0.6 is 0 Å². The summed E-state index contributed by atoms with van der Waals surface area (Å²) >= 11 is 0. The monoisotopic (exact) mass is 293 g/mol. The summed E-state index contributed by atoms with van der Waals surface area (Å²) in [6.07, 6.45) is 1.00. The Kier molecular flexibility index (Phi) is 5.01. The zero-order valence-electron chi connectivity index (χ0n) is 12.8. The van der Waals surface area contributed by atoms with Crippen LogP contribution in [0.2, 0.25) is 0 Å². The summed E-state index contributed by atoms with van der Waals surface area (Å²) < 4.78 is 5.33. The highest BCUT2D eigenvalue weighted by molar-refractivity contribution is 5.64. The molecule has 1 aliphatic rings. The molecular weight excluding hydrogens is 270 g/mol. The topological polar surface area (TPSA) is 67.6 Å². The van der Waals surface area contributed by atoms with Crippen molar-refractivity contribution in [3.63, 3.8) is 0 Å². The molecule has 6 nitrogen and oxygen atoms in total. The second-order valence-electron chi connectivity index (χ2n) is 5.59. The number of likely N-dealkylation sites (tertiary alicyclic amines) is 1. The number of nitrogens with one attached hydrogen (secondary N) is 1. The van der Waals surface area contributed by atoms with Crippen molar-refractivity contribution in [1.82, 2.24) is 4.90 Å². The third-order valence-corrected chi connectivity index (χ3v) is 3.79. The van der Waals surface area contributed by atoms with Crippen LogP contribution in [0.4, 0.5) is 11.4 Å². The fourth-order valence-corrected chi connectivity index (χ4v) is 2.64. The van der Waals surface area contributed by atoms with E-state index >= 15 is 0 Å². The molecule has 1 unspecified atom stereocenters. The largest absolute Gasteiger partial charge is 0.494 e. The van der Waals surface area contributed by atoms with Gasteiger partial charge in [-0.2, -0.15) is 0 Å². The summed E-state index contributed by atoms with van der Waals surface area (Å²) in [6.45, 7) is 8.64. The third kappa shape index (κ3) is 3.85. The molecule has 1 aromatic carbocycles. The molecule has 1 N–H and O–H groups in total. The van der Waals surface area contributed by atoms with Crippen LogP contribution in [-0.2, 0) is 0 Å². The molecule has 0 saturated carbocycles. The minimum absolute atomic E-state index is 0.0731. The Hall–Kier alpha value is -1.82. The van der Waals surface area contributed by atoms with E-state index in [4.69, 9.17) is 4.74 Å². The molecule has 0 aliphatic carbocycles. The van der Waals surface area contributed by atoms with Gasteiger partial charge in [-0.15, -0.1) is 0 Å². The van der Waals surface area contributed by atoms with Crippen LogP contribution in [0.3, 0.4) is 0 Å². The molecule has 6 heteroatoms. The fraction of sp³-hybridized carbons (Fsp3) is 0.600. The maximum absolute atomic E-state index is 11.2. The van der Waals surface area contributed by atoms with Gasteiger partial charge in [0.15, 0.2) is 0 Å². The van der Waals surface area contributed by atoms with Crippen LogP contribution in [0.1, 0.15) is 27.2 Å². The first-order valence-electron chi connectivity index (χ1n) is 7.43. The Bertz CT molecular complexity index is 505. The molecule has 2 rings (SSSR count). The van der Waals surface area contributed by atoms with Gasteiger partial charge in [-0.1, -0.05) is 0 Å². The van der Waals surface area contributed by atoms with Crippen LogP contribution in [0.25, 0.3) is 0 Å². The van der Waals surface area contributed by atoms with E-state index in [1.807, 2.05) is 6.92 Å². The highest BCUT2D eigenvalue weighted by Crippen LogP contribution is 2.30. The van der Waals surface area contributed by atoms with Crippen molar-refractivity contribution in [1.29, 1.82) is 0 Å².